The second kappa shape index (κ2) is 12.8. The van der Waals surface area contributed by atoms with Gasteiger partial charge in [-0.15, -0.1) is 0 Å². The molecule has 0 unspecified atom stereocenters. The van der Waals surface area contributed by atoms with Crippen LogP contribution in [-0.2, 0) is 32.3 Å². The minimum atomic E-state index is -4.76. The van der Waals surface area contributed by atoms with Crippen LogP contribution in [0.2, 0.25) is 5.02 Å². The highest BCUT2D eigenvalue weighted by atomic mass is 35.5. The Labute approximate surface area is 227 Å². The number of alkyl halides is 3. The standard InChI is InChI=1S/C26H33ClF3N3O4S/c1-6-18(4)31-25(35)22(7-2)32(15-19-10-8-17(3)9-11-19)24(34)16-33(38(5,36)37)23-14-20(26(28,29)30)12-13-21(23)27/h8-14,18,22H,6-7,15-16H2,1-5H3,(H,31,35)/t18-,22-/m1/s1. The molecule has 2 aromatic rings. The zero-order valence-corrected chi connectivity index (χ0v) is 23.5. The molecule has 0 saturated carbocycles. The molecule has 0 heterocycles. The van der Waals surface area contributed by atoms with Gasteiger partial charge in [-0.1, -0.05) is 55.3 Å². The normalized spacial score (nSPS) is 13.5. The number of anilines is 1. The van der Waals surface area contributed by atoms with Crippen molar-refractivity contribution < 1.29 is 31.2 Å². The molecule has 0 aliphatic heterocycles. The van der Waals surface area contributed by atoms with Crippen molar-refractivity contribution >= 4 is 39.1 Å². The van der Waals surface area contributed by atoms with Gasteiger partial charge in [0.15, 0.2) is 0 Å². The van der Waals surface area contributed by atoms with Crippen LogP contribution in [0.15, 0.2) is 42.5 Å². The van der Waals surface area contributed by atoms with Crippen LogP contribution >= 0.6 is 11.6 Å². The van der Waals surface area contributed by atoms with Crippen LogP contribution in [0.5, 0.6) is 0 Å². The number of carbonyl (C=O) groups excluding carboxylic acids is 2. The highest BCUT2D eigenvalue weighted by Gasteiger charge is 2.35. The first-order valence-electron chi connectivity index (χ1n) is 12.1. The van der Waals surface area contributed by atoms with Crippen LogP contribution in [0.25, 0.3) is 0 Å². The number of carbonyl (C=O) groups is 2. The van der Waals surface area contributed by atoms with Gasteiger partial charge in [0.1, 0.15) is 12.6 Å². The second-order valence-electron chi connectivity index (χ2n) is 9.18. The lowest BCUT2D eigenvalue weighted by molar-refractivity contribution is -0.140. The Bertz CT molecular complexity index is 1240. The molecular weight excluding hydrogens is 543 g/mol. The number of hydrogen-bond donors (Lipinski definition) is 1. The smallest absolute Gasteiger partial charge is 0.352 e. The van der Waals surface area contributed by atoms with E-state index in [9.17, 15) is 31.2 Å². The molecule has 1 N–H and O–H groups in total. The zero-order chi connectivity index (χ0) is 28.8. The Morgan fingerprint density at radius 2 is 1.66 bits per heavy atom. The molecule has 2 aromatic carbocycles. The van der Waals surface area contributed by atoms with Crippen LogP contribution in [0, 0.1) is 6.92 Å². The fourth-order valence-electron chi connectivity index (χ4n) is 3.73. The SMILES string of the molecule is CC[C@@H](C)NC(=O)[C@@H](CC)N(Cc1ccc(C)cc1)C(=O)CN(c1cc(C(F)(F)F)ccc1Cl)S(C)(=O)=O. The lowest BCUT2D eigenvalue weighted by atomic mass is 10.1. The second-order valence-corrected chi connectivity index (χ2v) is 11.5. The van der Waals surface area contributed by atoms with E-state index >= 15 is 0 Å². The topological polar surface area (TPSA) is 86.8 Å². The fourth-order valence-corrected chi connectivity index (χ4v) is 4.85. The number of halogens is 4. The van der Waals surface area contributed by atoms with Gasteiger partial charge < -0.3 is 10.2 Å². The molecule has 38 heavy (non-hydrogen) atoms. The number of hydrogen-bond acceptors (Lipinski definition) is 4. The van der Waals surface area contributed by atoms with E-state index in [4.69, 9.17) is 11.6 Å². The fraction of sp³-hybridized carbons (Fsp3) is 0.462. The molecule has 0 aliphatic rings. The quantitative estimate of drug-likeness (QED) is 0.401. The van der Waals surface area contributed by atoms with Crippen molar-refractivity contribution in [3.8, 4) is 0 Å². The highest BCUT2D eigenvalue weighted by Crippen LogP contribution is 2.36. The summed E-state index contributed by atoms with van der Waals surface area (Å²) in [7, 11) is -4.25. The predicted octanol–water partition coefficient (Wildman–Crippen LogP) is 5.16. The van der Waals surface area contributed by atoms with E-state index in [1.165, 1.54) is 4.90 Å². The number of sulfonamides is 1. The molecule has 0 saturated heterocycles. The molecule has 0 aromatic heterocycles. The number of nitrogens with one attached hydrogen (secondary N) is 1. The summed E-state index contributed by atoms with van der Waals surface area (Å²) in [5.74, 6) is -1.18. The third-order valence-corrected chi connectivity index (χ3v) is 7.53. The maximum atomic E-state index is 13.7. The molecule has 0 aliphatic carbocycles. The van der Waals surface area contributed by atoms with E-state index in [0.717, 1.165) is 24.0 Å². The first-order chi connectivity index (χ1) is 17.6. The summed E-state index contributed by atoms with van der Waals surface area (Å²) < 4.78 is 66.0. The Kier molecular flexibility index (Phi) is 10.6. The van der Waals surface area contributed by atoms with Gasteiger partial charge in [0.2, 0.25) is 21.8 Å². The Morgan fingerprint density at radius 3 is 2.16 bits per heavy atom. The summed E-state index contributed by atoms with van der Waals surface area (Å²) in [4.78, 5) is 28.0. The molecule has 0 radical (unpaired) electrons. The summed E-state index contributed by atoms with van der Waals surface area (Å²) in [6, 6.07) is 8.38. The molecule has 12 heteroatoms. The molecule has 7 nitrogen and oxygen atoms in total. The van der Waals surface area contributed by atoms with Crippen molar-refractivity contribution in [3.63, 3.8) is 0 Å². The third-order valence-electron chi connectivity index (χ3n) is 6.08. The van der Waals surface area contributed by atoms with E-state index in [2.05, 4.69) is 5.32 Å². The van der Waals surface area contributed by atoms with Crippen molar-refractivity contribution in [1.29, 1.82) is 0 Å². The van der Waals surface area contributed by atoms with Gasteiger partial charge in [0.25, 0.3) is 0 Å². The first kappa shape index (κ1) is 31.4. The lowest BCUT2D eigenvalue weighted by Crippen LogP contribution is -2.53. The number of benzene rings is 2. The van der Waals surface area contributed by atoms with Crippen LogP contribution in [0.3, 0.4) is 0 Å². The molecule has 210 valence electrons. The van der Waals surface area contributed by atoms with Gasteiger partial charge in [-0.25, -0.2) is 8.42 Å². The monoisotopic (exact) mass is 575 g/mol. The summed E-state index contributed by atoms with van der Waals surface area (Å²) in [6.07, 6.45) is -3.10. The van der Waals surface area contributed by atoms with Crippen LogP contribution in [0.1, 0.15) is 50.3 Å². The summed E-state index contributed by atoms with van der Waals surface area (Å²) in [5, 5.41) is 2.57. The maximum Gasteiger partial charge on any atom is 0.416 e. The largest absolute Gasteiger partial charge is 0.416 e. The Balaban J connectivity index is 2.54. The zero-order valence-electron chi connectivity index (χ0n) is 22.0. The predicted molar refractivity (Wildman–Crippen MR) is 142 cm³/mol. The number of amides is 2. The van der Waals surface area contributed by atoms with Crippen molar-refractivity contribution in [2.75, 3.05) is 17.1 Å². The van der Waals surface area contributed by atoms with Crippen LogP contribution in [-0.4, -0.2) is 50.0 Å². The van der Waals surface area contributed by atoms with Gasteiger partial charge in [0.05, 0.1) is 22.5 Å². The summed E-state index contributed by atoms with van der Waals surface area (Å²) in [5.41, 5.74) is 0.0796. The van der Waals surface area contributed by atoms with Gasteiger partial charge in [-0.3, -0.25) is 13.9 Å². The lowest BCUT2D eigenvalue weighted by Gasteiger charge is -2.33. The first-order valence-corrected chi connectivity index (χ1v) is 14.3. The van der Waals surface area contributed by atoms with Crippen molar-refractivity contribution in [1.82, 2.24) is 10.2 Å². The maximum absolute atomic E-state index is 13.7. The number of rotatable bonds is 11. The van der Waals surface area contributed by atoms with Crippen LogP contribution in [0.4, 0.5) is 18.9 Å². The van der Waals surface area contributed by atoms with E-state index in [-0.39, 0.29) is 24.0 Å². The average molecular weight is 576 g/mol. The van der Waals surface area contributed by atoms with E-state index < -0.39 is 51.9 Å². The Hall–Kier alpha value is -2.79. The van der Waals surface area contributed by atoms with Crippen molar-refractivity contribution in [3.05, 3.63) is 64.2 Å². The summed E-state index contributed by atoms with van der Waals surface area (Å²) in [6.45, 7) is 6.46. The van der Waals surface area contributed by atoms with Gasteiger partial charge >= 0.3 is 6.18 Å². The minimum Gasteiger partial charge on any atom is -0.352 e. The van der Waals surface area contributed by atoms with E-state index in [0.29, 0.717) is 22.4 Å². The van der Waals surface area contributed by atoms with Crippen molar-refractivity contribution in [2.24, 2.45) is 0 Å². The third kappa shape index (κ3) is 8.36. The number of nitrogens with zero attached hydrogens (tertiary/aromatic N) is 2. The van der Waals surface area contributed by atoms with Crippen molar-refractivity contribution in [2.45, 2.75) is 65.3 Å². The molecule has 2 amide bonds. The Morgan fingerprint density at radius 1 is 1.05 bits per heavy atom. The molecule has 2 atom stereocenters. The molecule has 0 fully saturated rings. The molecule has 2 rings (SSSR count). The van der Waals surface area contributed by atoms with E-state index in [1.807, 2.05) is 32.9 Å². The van der Waals surface area contributed by atoms with Gasteiger partial charge in [0, 0.05) is 12.6 Å². The van der Waals surface area contributed by atoms with Crippen LogP contribution < -0.4 is 9.62 Å². The summed E-state index contributed by atoms with van der Waals surface area (Å²) >= 11 is 6.11. The number of aryl methyl sites for hydroxylation is 1. The van der Waals surface area contributed by atoms with E-state index in [1.54, 1.807) is 19.1 Å². The molecule has 0 spiro atoms. The average Bonchev–Trinajstić information content (AvgIpc) is 2.82. The van der Waals surface area contributed by atoms with Gasteiger partial charge in [-0.05, 0) is 50.5 Å². The molecular formula is C26H33ClF3N3O4S. The molecule has 0 bridgehead atoms. The van der Waals surface area contributed by atoms with Gasteiger partial charge in [-0.2, -0.15) is 13.2 Å². The minimum absolute atomic E-state index is 0.0144. The highest BCUT2D eigenvalue weighted by molar-refractivity contribution is 7.92.